The van der Waals surface area contributed by atoms with Crippen LogP contribution in [-0.4, -0.2) is 22.4 Å². The fourth-order valence-electron chi connectivity index (χ4n) is 2.21. The van der Waals surface area contributed by atoms with Crippen molar-refractivity contribution >= 4 is 5.97 Å². The Bertz CT molecular complexity index is 453. The quantitative estimate of drug-likeness (QED) is 0.785. The van der Waals surface area contributed by atoms with Crippen LogP contribution >= 0.6 is 0 Å². The van der Waals surface area contributed by atoms with Gasteiger partial charge in [-0.3, -0.25) is 4.68 Å². The summed E-state index contributed by atoms with van der Waals surface area (Å²) in [5.74, 6) is 0.408. The Kier molecular flexibility index (Phi) is 3.97. The number of nitrogens with zero attached hydrogens (tertiary/aromatic N) is 2. The Hall–Kier alpha value is -1.32. The number of carbonyl (C=O) groups is 1. The van der Waals surface area contributed by atoms with E-state index >= 15 is 0 Å². The lowest BCUT2D eigenvalue weighted by atomic mass is 9.85. The molecule has 4 heteroatoms. The molecule has 0 aliphatic heterocycles. The van der Waals surface area contributed by atoms with Gasteiger partial charge < -0.3 is 4.74 Å². The summed E-state index contributed by atoms with van der Waals surface area (Å²) in [6.45, 7) is 9.39. The number of aromatic nitrogens is 2. The van der Waals surface area contributed by atoms with E-state index in [1.807, 2.05) is 17.7 Å². The second-order valence-corrected chi connectivity index (χ2v) is 6.36. The first-order chi connectivity index (χ1) is 8.91. The Balaban J connectivity index is 2.26. The molecule has 0 aromatic carbocycles. The second-order valence-electron chi connectivity index (χ2n) is 6.36. The lowest BCUT2D eigenvalue weighted by molar-refractivity contribution is 0.0509. The van der Waals surface area contributed by atoms with Crippen molar-refractivity contribution in [3.8, 4) is 0 Å². The van der Waals surface area contributed by atoms with E-state index < -0.39 is 0 Å². The first-order valence-corrected chi connectivity index (χ1v) is 7.17. The van der Waals surface area contributed by atoms with Gasteiger partial charge in [-0.2, -0.15) is 5.10 Å². The average molecular weight is 264 g/mol. The highest BCUT2D eigenvalue weighted by molar-refractivity contribution is 5.87. The minimum atomic E-state index is -0.259. The molecular formula is C15H24N2O2. The van der Waals surface area contributed by atoms with Gasteiger partial charge in [0.1, 0.15) is 5.69 Å². The number of rotatable bonds is 4. The molecule has 1 fully saturated rings. The summed E-state index contributed by atoms with van der Waals surface area (Å²) in [4.78, 5) is 12.0. The van der Waals surface area contributed by atoms with E-state index in [4.69, 9.17) is 4.74 Å². The fourth-order valence-corrected chi connectivity index (χ4v) is 2.21. The highest BCUT2D eigenvalue weighted by Gasteiger charge is 2.26. The number of ether oxygens (including phenoxy) is 1. The van der Waals surface area contributed by atoms with E-state index in [1.165, 1.54) is 19.3 Å². The van der Waals surface area contributed by atoms with Crippen LogP contribution in [0, 0.1) is 5.92 Å². The van der Waals surface area contributed by atoms with Crippen LogP contribution in [0.3, 0.4) is 0 Å². The third kappa shape index (κ3) is 3.17. The molecule has 1 aliphatic rings. The Labute approximate surface area is 115 Å². The molecular weight excluding hydrogens is 240 g/mol. The molecule has 0 saturated heterocycles. The largest absolute Gasteiger partial charge is 0.461 e. The van der Waals surface area contributed by atoms with Crippen LogP contribution in [0.1, 0.15) is 63.1 Å². The molecule has 0 N–H and O–H groups in total. The van der Waals surface area contributed by atoms with Crippen molar-refractivity contribution in [3.63, 3.8) is 0 Å². The topological polar surface area (TPSA) is 44.1 Å². The SMILES string of the molecule is CCOC(=O)c1cc(C(C)(C)C)nn1CC1CCC1. The molecule has 0 radical (unpaired) electrons. The van der Waals surface area contributed by atoms with Crippen LogP contribution < -0.4 is 0 Å². The summed E-state index contributed by atoms with van der Waals surface area (Å²) in [6, 6.07) is 1.89. The molecule has 1 aromatic heterocycles. The predicted octanol–water partition coefficient (Wildman–Crippen LogP) is 3.16. The Morgan fingerprint density at radius 3 is 2.63 bits per heavy atom. The lowest BCUT2D eigenvalue weighted by Crippen LogP contribution is -2.22. The van der Waals surface area contributed by atoms with E-state index in [1.54, 1.807) is 0 Å². The second kappa shape index (κ2) is 5.35. The molecule has 106 valence electrons. The summed E-state index contributed by atoms with van der Waals surface area (Å²) in [5.41, 5.74) is 1.50. The van der Waals surface area contributed by atoms with Crippen LogP contribution in [0.4, 0.5) is 0 Å². The zero-order valence-corrected chi connectivity index (χ0v) is 12.4. The average Bonchev–Trinajstić information content (AvgIpc) is 2.67. The third-order valence-electron chi connectivity index (χ3n) is 3.69. The van der Waals surface area contributed by atoms with Crippen molar-refractivity contribution in [2.45, 2.75) is 58.9 Å². The Morgan fingerprint density at radius 1 is 1.47 bits per heavy atom. The summed E-state index contributed by atoms with van der Waals surface area (Å²) in [5, 5.41) is 4.62. The zero-order valence-electron chi connectivity index (χ0n) is 12.4. The number of carbonyl (C=O) groups excluding carboxylic acids is 1. The van der Waals surface area contributed by atoms with Gasteiger partial charge in [0.2, 0.25) is 0 Å². The van der Waals surface area contributed by atoms with Gasteiger partial charge in [0, 0.05) is 12.0 Å². The summed E-state index contributed by atoms with van der Waals surface area (Å²) in [7, 11) is 0. The fraction of sp³-hybridized carbons (Fsp3) is 0.733. The van der Waals surface area contributed by atoms with Crippen LogP contribution in [0.15, 0.2) is 6.07 Å². The normalized spacial score (nSPS) is 16.2. The maximum Gasteiger partial charge on any atom is 0.356 e. The van der Waals surface area contributed by atoms with Crippen LogP contribution in [0.25, 0.3) is 0 Å². The molecule has 1 aliphatic carbocycles. The van der Waals surface area contributed by atoms with Gasteiger partial charge in [-0.15, -0.1) is 0 Å². The third-order valence-corrected chi connectivity index (χ3v) is 3.69. The van der Waals surface area contributed by atoms with Gasteiger partial charge >= 0.3 is 5.97 Å². The van der Waals surface area contributed by atoms with Gasteiger partial charge in [-0.05, 0) is 31.7 Å². The van der Waals surface area contributed by atoms with Crippen molar-refractivity contribution in [2.75, 3.05) is 6.61 Å². The summed E-state index contributed by atoms with van der Waals surface area (Å²) in [6.07, 6.45) is 3.78. The minimum absolute atomic E-state index is 0.0495. The smallest absolute Gasteiger partial charge is 0.356 e. The molecule has 4 nitrogen and oxygen atoms in total. The summed E-state index contributed by atoms with van der Waals surface area (Å²) >= 11 is 0. The molecule has 0 amide bonds. The van der Waals surface area contributed by atoms with E-state index in [0.29, 0.717) is 18.2 Å². The molecule has 1 saturated carbocycles. The minimum Gasteiger partial charge on any atom is -0.461 e. The van der Waals surface area contributed by atoms with Crippen molar-refractivity contribution in [1.29, 1.82) is 0 Å². The van der Waals surface area contributed by atoms with Crippen LogP contribution in [0.5, 0.6) is 0 Å². The molecule has 2 rings (SSSR count). The van der Waals surface area contributed by atoms with Gasteiger partial charge in [0.05, 0.1) is 12.3 Å². The van der Waals surface area contributed by atoms with Gasteiger partial charge in [0.15, 0.2) is 0 Å². The molecule has 1 heterocycles. The van der Waals surface area contributed by atoms with Crippen molar-refractivity contribution < 1.29 is 9.53 Å². The molecule has 0 unspecified atom stereocenters. The highest BCUT2D eigenvalue weighted by Crippen LogP contribution is 2.29. The van der Waals surface area contributed by atoms with Crippen LogP contribution in [0.2, 0.25) is 0 Å². The monoisotopic (exact) mass is 264 g/mol. The van der Waals surface area contributed by atoms with Gasteiger partial charge in [-0.1, -0.05) is 27.2 Å². The van der Waals surface area contributed by atoms with E-state index in [-0.39, 0.29) is 11.4 Å². The molecule has 0 bridgehead atoms. The summed E-state index contributed by atoms with van der Waals surface area (Å²) < 4.78 is 6.98. The van der Waals surface area contributed by atoms with Crippen molar-refractivity contribution in [3.05, 3.63) is 17.5 Å². The highest BCUT2D eigenvalue weighted by atomic mass is 16.5. The molecule has 19 heavy (non-hydrogen) atoms. The van der Waals surface area contributed by atoms with Crippen molar-refractivity contribution in [2.24, 2.45) is 5.92 Å². The first-order valence-electron chi connectivity index (χ1n) is 7.17. The number of hydrogen-bond donors (Lipinski definition) is 0. The molecule has 1 aromatic rings. The van der Waals surface area contributed by atoms with Gasteiger partial charge in [-0.25, -0.2) is 4.79 Å². The Morgan fingerprint density at radius 2 is 2.16 bits per heavy atom. The molecule has 0 atom stereocenters. The maximum absolute atomic E-state index is 12.0. The van der Waals surface area contributed by atoms with E-state index in [2.05, 4.69) is 25.9 Å². The maximum atomic E-state index is 12.0. The van der Waals surface area contributed by atoms with E-state index in [9.17, 15) is 4.79 Å². The number of hydrogen-bond acceptors (Lipinski definition) is 3. The molecule has 0 spiro atoms. The first kappa shape index (κ1) is 14.1. The zero-order chi connectivity index (χ0) is 14.0. The standard InChI is InChI=1S/C15H24N2O2/c1-5-19-14(18)12-9-13(15(2,3)4)16-17(12)10-11-7-6-8-11/h9,11H,5-8,10H2,1-4H3. The van der Waals surface area contributed by atoms with Crippen molar-refractivity contribution in [1.82, 2.24) is 9.78 Å². The lowest BCUT2D eigenvalue weighted by Gasteiger charge is -2.25. The number of esters is 1. The van der Waals surface area contributed by atoms with Crippen LogP contribution in [-0.2, 0) is 16.7 Å². The predicted molar refractivity (Wildman–Crippen MR) is 74.2 cm³/mol. The van der Waals surface area contributed by atoms with E-state index in [0.717, 1.165) is 12.2 Å². The van der Waals surface area contributed by atoms with Gasteiger partial charge in [0.25, 0.3) is 0 Å².